The van der Waals surface area contributed by atoms with E-state index in [1.54, 1.807) is 6.07 Å². The molecule has 2 aromatic heterocycles. The van der Waals surface area contributed by atoms with Crippen molar-refractivity contribution in [3.05, 3.63) is 106 Å². The van der Waals surface area contributed by atoms with E-state index in [-0.39, 0.29) is 17.8 Å². The lowest BCUT2D eigenvalue weighted by molar-refractivity contribution is -0.0793. The molecular formula is C37H46N4O4. The zero-order valence-corrected chi connectivity index (χ0v) is 26.7. The highest BCUT2D eigenvalue weighted by Gasteiger charge is 2.47. The van der Waals surface area contributed by atoms with E-state index in [2.05, 4.69) is 54.9 Å². The van der Waals surface area contributed by atoms with Crippen molar-refractivity contribution in [3.8, 4) is 0 Å². The minimum Gasteiger partial charge on any atom is -0.368 e. The van der Waals surface area contributed by atoms with Crippen LogP contribution in [0.3, 0.4) is 0 Å². The highest BCUT2D eigenvalue weighted by molar-refractivity contribution is 5.78. The Morgan fingerprint density at radius 2 is 1.49 bits per heavy atom. The van der Waals surface area contributed by atoms with Crippen LogP contribution in [0.1, 0.15) is 75.7 Å². The first-order valence-corrected chi connectivity index (χ1v) is 16.4. The summed E-state index contributed by atoms with van der Waals surface area (Å²) in [6, 6.07) is 25.7. The van der Waals surface area contributed by atoms with Crippen molar-refractivity contribution in [2.24, 2.45) is 4.99 Å². The molecule has 8 heteroatoms. The van der Waals surface area contributed by atoms with Gasteiger partial charge in [-0.15, -0.1) is 0 Å². The number of benzene rings is 2. The van der Waals surface area contributed by atoms with E-state index in [9.17, 15) is 4.79 Å². The Morgan fingerprint density at radius 3 is 2.09 bits per heavy atom. The molecule has 0 aliphatic carbocycles. The molecule has 3 heterocycles. The highest BCUT2D eigenvalue weighted by Crippen LogP contribution is 2.42. The second-order valence-corrected chi connectivity index (χ2v) is 11.7. The molecule has 238 valence electrons. The van der Waals surface area contributed by atoms with Crippen molar-refractivity contribution in [3.63, 3.8) is 0 Å². The lowest BCUT2D eigenvalue weighted by Crippen LogP contribution is -2.35. The second kappa shape index (κ2) is 16.5. The first-order chi connectivity index (χ1) is 22.1. The number of aromatic nitrogens is 2. The van der Waals surface area contributed by atoms with E-state index >= 15 is 0 Å². The summed E-state index contributed by atoms with van der Waals surface area (Å²) < 4.78 is 20.1. The summed E-state index contributed by atoms with van der Waals surface area (Å²) in [4.78, 5) is 27.2. The summed E-state index contributed by atoms with van der Waals surface area (Å²) in [6.07, 6.45) is 5.66. The minimum atomic E-state index is -0.477. The molecule has 0 saturated carbocycles. The summed E-state index contributed by atoms with van der Waals surface area (Å²) >= 11 is 0. The predicted octanol–water partition coefficient (Wildman–Crippen LogP) is 7.51. The van der Waals surface area contributed by atoms with E-state index in [0.29, 0.717) is 24.7 Å². The van der Waals surface area contributed by atoms with Crippen molar-refractivity contribution in [1.29, 1.82) is 0 Å². The molecule has 2 aromatic carbocycles. The van der Waals surface area contributed by atoms with Gasteiger partial charge in [-0.3, -0.25) is 4.79 Å². The average Bonchev–Trinajstić information content (AvgIpc) is 3.43. The van der Waals surface area contributed by atoms with Gasteiger partial charge in [-0.05, 0) is 42.5 Å². The van der Waals surface area contributed by atoms with E-state index in [0.717, 1.165) is 67.3 Å². The number of rotatable bonds is 16. The lowest BCUT2D eigenvalue weighted by Gasteiger charge is -2.26. The fraction of sp³-hybridized carbons (Fsp3) is 0.432. The Balaban J connectivity index is 1.53. The van der Waals surface area contributed by atoms with Gasteiger partial charge >= 0.3 is 0 Å². The molecule has 0 bridgehead atoms. The van der Waals surface area contributed by atoms with Gasteiger partial charge in [-0.2, -0.15) is 0 Å². The average molecular weight is 611 g/mol. The third-order valence-corrected chi connectivity index (χ3v) is 8.25. The number of unbranched alkanes of at least 4 members (excludes halogenated alkanes) is 2. The second-order valence-electron chi connectivity index (χ2n) is 11.7. The van der Waals surface area contributed by atoms with E-state index in [4.69, 9.17) is 24.2 Å². The number of nitrogens with zero attached hydrogens (tertiary/aromatic N) is 3. The van der Waals surface area contributed by atoms with E-state index in [1.165, 1.54) is 6.07 Å². The van der Waals surface area contributed by atoms with Gasteiger partial charge in [-0.1, -0.05) is 94.3 Å². The molecule has 1 aliphatic heterocycles. The number of ether oxygens (including phenoxy) is 3. The van der Waals surface area contributed by atoms with Gasteiger partial charge in [0.15, 0.2) is 5.82 Å². The highest BCUT2D eigenvalue weighted by atomic mass is 16.6. The Hall–Kier alpha value is -3.85. The maximum absolute atomic E-state index is 12.2. The van der Waals surface area contributed by atoms with Crippen LogP contribution < -0.4 is 5.56 Å². The van der Waals surface area contributed by atoms with E-state index in [1.807, 2.05) is 48.8 Å². The van der Waals surface area contributed by atoms with Gasteiger partial charge in [0.05, 0.1) is 25.7 Å². The zero-order valence-electron chi connectivity index (χ0n) is 26.7. The number of hydrogen-bond acceptors (Lipinski definition) is 6. The van der Waals surface area contributed by atoms with Gasteiger partial charge in [0.25, 0.3) is 0 Å². The monoisotopic (exact) mass is 610 g/mol. The van der Waals surface area contributed by atoms with Crippen LogP contribution in [0.25, 0.3) is 11.0 Å². The molecule has 0 amide bonds. The minimum absolute atomic E-state index is 0.187. The molecule has 4 aromatic rings. The zero-order chi connectivity index (χ0) is 31.4. The Labute approximate surface area is 266 Å². The van der Waals surface area contributed by atoms with Crippen LogP contribution in [-0.2, 0) is 27.4 Å². The first kappa shape index (κ1) is 32.5. The molecule has 1 aliphatic rings. The predicted molar refractivity (Wildman–Crippen MR) is 180 cm³/mol. The number of pyridine rings is 2. The molecule has 1 N–H and O–H groups in total. The smallest absolute Gasteiger partial charge is 0.249 e. The molecule has 1 saturated heterocycles. The summed E-state index contributed by atoms with van der Waals surface area (Å²) in [6.45, 7) is 9.23. The number of nitrogens with one attached hydrogen (secondary N) is 1. The molecule has 0 spiro atoms. The van der Waals surface area contributed by atoms with Crippen molar-refractivity contribution < 1.29 is 14.2 Å². The summed E-state index contributed by atoms with van der Waals surface area (Å²) in [7, 11) is 0. The lowest BCUT2D eigenvalue weighted by atomic mass is 9.99. The SMILES string of the molecule is CCCCN(/C=N/c1nc2[nH]c(=O)ccc2cc1[C@@H]1O[C@H](CC)C(OCc2ccccc2)[C@@H]1OCc1ccccc1)CCCC. The molecule has 5 rings (SSSR count). The van der Waals surface area contributed by atoms with Crippen LogP contribution in [0.15, 0.2) is 88.6 Å². The molecule has 8 nitrogen and oxygen atoms in total. The Kier molecular flexibility index (Phi) is 11.9. The quantitative estimate of drug-likeness (QED) is 0.104. The van der Waals surface area contributed by atoms with Crippen molar-refractivity contribution >= 4 is 23.2 Å². The number of fused-ring (bicyclic) bond motifs is 1. The largest absolute Gasteiger partial charge is 0.368 e. The molecular weight excluding hydrogens is 564 g/mol. The van der Waals surface area contributed by atoms with Gasteiger partial charge in [0, 0.05) is 30.1 Å². The van der Waals surface area contributed by atoms with Crippen molar-refractivity contribution in [1.82, 2.24) is 14.9 Å². The topological polar surface area (TPSA) is 89.0 Å². The number of H-pyrrole nitrogens is 1. The van der Waals surface area contributed by atoms with Gasteiger partial charge in [0.2, 0.25) is 5.56 Å². The third kappa shape index (κ3) is 8.66. The molecule has 1 unspecified atom stereocenters. The summed E-state index contributed by atoms with van der Waals surface area (Å²) in [5.74, 6) is 0.513. The number of aromatic amines is 1. The van der Waals surface area contributed by atoms with Crippen LogP contribution in [-0.4, -0.2) is 52.6 Å². The van der Waals surface area contributed by atoms with Crippen LogP contribution in [0.5, 0.6) is 0 Å². The molecule has 1 fully saturated rings. The third-order valence-electron chi connectivity index (χ3n) is 8.25. The van der Waals surface area contributed by atoms with Gasteiger partial charge in [0.1, 0.15) is 24.0 Å². The Morgan fingerprint density at radius 1 is 0.867 bits per heavy atom. The van der Waals surface area contributed by atoms with Crippen LogP contribution >= 0.6 is 0 Å². The molecule has 45 heavy (non-hydrogen) atoms. The fourth-order valence-corrected chi connectivity index (χ4v) is 5.71. The number of aliphatic imine (C=N–C) groups is 1. The summed E-state index contributed by atoms with van der Waals surface area (Å²) in [5.41, 5.74) is 3.29. The van der Waals surface area contributed by atoms with E-state index < -0.39 is 12.2 Å². The van der Waals surface area contributed by atoms with Crippen LogP contribution in [0.4, 0.5) is 5.82 Å². The van der Waals surface area contributed by atoms with Crippen LogP contribution in [0, 0.1) is 0 Å². The Bertz CT molecular complexity index is 1550. The van der Waals surface area contributed by atoms with Crippen molar-refractivity contribution in [2.45, 2.75) is 90.5 Å². The number of hydrogen-bond donors (Lipinski definition) is 1. The van der Waals surface area contributed by atoms with Gasteiger partial charge in [-0.25, -0.2) is 9.98 Å². The summed E-state index contributed by atoms with van der Waals surface area (Å²) in [5, 5.41) is 0.810. The molecule has 0 radical (unpaired) electrons. The maximum Gasteiger partial charge on any atom is 0.249 e. The normalized spacial score (nSPS) is 19.9. The van der Waals surface area contributed by atoms with Crippen molar-refractivity contribution in [2.75, 3.05) is 13.1 Å². The maximum atomic E-state index is 12.2. The standard InChI is InChI=1S/C37H46N4O4/c1-4-7-21-41(22-8-5-2)26-38-37-30(23-29-19-20-32(42)39-36(29)40-37)33-35(44-25-28-17-13-10-14-18-28)34(31(6-3)45-33)43-24-27-15-11-9-12-16-27/h9-20,23,26,31,33-35H,4-8,21-22,24-25H2,1-3H3,(H,39,40,42)/b38-26+/t31-,33+,34?,35-/m1/s1. The first-order valence-electron chi connectivity index (χ1n) is 16.4. The van der Waals surface area contributed by atoms with Crippen LogP contribution in [0.2, 0.25) is 0 Å². The van der Waals surface area contributed by atoms with Gasteiger partial charge < -0.3 is 24.1 Å². The molecule has 4 atom stereocenters. The fourth-order valence-electron chi connectivity index (χ4n) is 5.71.